The second-order valence-corrected chi connectivity index (χ2v) is 10.5. The summed E-state index contributed by atoms with van der Waals surface area (Å²) >= 11 is 0. The van der Waals surface area contributed by atoms with Crippen molar-refractivity contribution in [2.24, 2.45) is 10.8 Å². The molecule has 2 heterocycles. The number of hydrogen-bond acceptors (Lipinski definition) is 4. The summed E-state index contributed by atoms with van der Waals surface area (Å²) in [6.07, 6.45) is 6.02. The van der Waals surface area contributed by atoms with Gasteiger partial charge in [-0.15, -0.1) is 0 Å². The molecule has 4 heteroatoms. The molecule has 0 radical (unpaired) electrons. The lowest BCUT2D eigenvalue weighted by Crippen LogP contribution is -2.49. The number of aryl methyl sites for hydroxylation is 2. The first-order valence-electron chi connectivity index (χ1n) is 10.3. The van der Waals surface area contributed by atoms with E-state index in [1.807, 2.05) is 12.3 Å². The first kappa shape index (κ1) is 19.7. The van der Waals surface area contributed by atoms with Crippen molar-refractivity contribution in [3.05, 3.63) is 52.8 Å². The highest BCUT2D eigenvalue weighted by molar-refractivity contribution is 6.13. The van der Waals surface area contributed by atoms with Crippen LogP contribution in [0.25, 0.3) is 10.9 Å². The SMILES string of the molecule is Cc1cc(C)c2nccc3c2c1NC1(C=C(C(C)(C)C)C(=O)C(C(C)(C)C)=C1)N3. The van der Waals surface area contributed by atoms with Crippen molar-refractivity contribution in [3.63, 3.8) is 0 Å². The highest BCUT2D eigenvalue weighted by Crippen LogP contribution is 2.46. The minimum atomic E-state index is -0.652. The number of rotatable bonds is 0. The van der Waals surface area contributed by atoms with Crippen LogP contribution >= 0.6 is 0 Å². The molecule has 2 N–H and O–H groups in total. The molecule has 1 spiro atoms. The predicted octanol–water partition coefficient (Wildman–Crippen LogP) is 5.91. The van der Waals surface area contributed by atoms with Crippen LogP contribution in [-0.2, 0) is 4.79 Å². The van der Waals surface area contributed by atoms with Crippen molar-refractivity contribution in [1.82, 2.24) is 4.98 Å². The van der Waals surface area contributed by atoms with Gasteiger partial charge in [-0.25, -0.2) is 0 Å². The molecule has 0 bridgehead atoms. The summed E-state index contributed by atoms with van der Waals surface area (Å²) in [4.78, 5) is 18.0. The number of ketones is 1. The zero-order chi connectivity index (χ0) is 21.4. The third-order valence-electron chi connectivity index (χ3n) is 5.92. The van der Waals surface area contributed by atoms with Crippen molar-refractivity contribution in [2.75, 3.05) is 10.6 Å². The lowest BCUT2D eigenvalue weighted by molar-refractivity contribution is -0.114. The number of allylic oxidation sites excluding steroid dienone is 2. The highest BCUT2D eigenvalue weighted by Gasteiger charge is 2.43. The molecule has 1 aliphatic heterocycles. The second-order valence-electron chi connectivity index (χ2n) is 10.5. The normalized spacial score (nSPS) is 18.3. The Morgan fingerprint density at radius 3 is 2.03 bits per heavy atom. The number of nitrogens with one attached hydrogen (secondary N) is 2. The number of anilines is 2. The molecule has 1 aromatic carbocycles. The molecule has 0 unspecified atom stereocenters. The minimum absolute atomic E-state index is 0.144. The van der Waals surface area contributed by atoms with Gasteiger partial charge < -0.3 is 10.6 Å². The van der Waals surface area contributed by atoms with Crippen LogP contribution in [0.5, 0.6) is 0 Å². The molecule has 1 aromatic heterocycles. The van der Waals surface area contributed by atoms with E-state index in [0.29, 0.717) is 0 Å². The Kier molecular flexibility index (Phi) is 4.03. The van der Waals surface area contributed by atoms with Crippen molar-refractivity contribution >= 4 is 28.1 Å². The molecular weight excluding hydrogens is 358 g/mol. The molecule has 4 rings (SSSR count). The van der Waals surface area contributed by atoms with Gasteiger partial charge in [-0.3, -0.25) is 9.78 Å². The fourth-order valence-corrected chi connectivity index (χ4v) is 4.43. The highest BCUT2D eigenvalue weighted by atomic mass is 16.1. The molecule has 2 aliphatic rings. The van der Waals surface area contributed by atoms with Gasteiger partial charge in [0.15, 0.2) is 5.78 Å². The van der Waals surface area contributed by atoms with E-state index in [9.17, 15) is 4.79 Å². The molecule has 0 atom stereocenters. The van der Waals surface area contributed by atoms with Crippen LogP contribution in [0.4, 0.5) is 11.4 Å². The Labute approximate surface area is 173 Å². The molecule has 152 valence electrons. The second kappa shape index (κ2) is 5.94. The third kappa shape index (κ3) is 3.06. The van der Waals surface area contributed by atoms with Gasteiger partial charge in [0.25, 0.3) is 0 Å². The van der Waals surface area contributed by atoms with Crippen LogP contribution in [0.2, 0.25) is 0 Å². The number of pyridine rings is 1. The number of benzene rings is 1. The van der Waals surface area contributed by atoms with Crippen LogP contribution in [0, 0.1) is 24.7 Å². The van der Waals surface area contributed by atoms with E-state index in [-0.39, 0.29) is 16.6 Å². The van der Waals surface area contributed by atoms with Crippen LogP contribution in [0.15, 0.2) is 41.6 Å². The van der Waals surface area contributed by atoms with Gasteiger partial charge in [-0.2, -0.15) is 0 Å². The molecule has 0 amide bonds. The van der Waals surface area contributed by atoms with Gasteiger partial charge in [0, 0.05) is 28.4 Å². The summed E-state index contributed by atoms with van der Waals surface area (Å²) < 4.78 is 0. The Morgan fingerprint density at radius 1 is 0.897 bits per heavy atom. The van der Waals surface area contributed by atoms with Crippen molar-refractivity contribution in [2.45, 2.75) is 61.1 Å². The van der Waals surface area contributed by atoms with Crippen LogP contribution in [0.1, 0.15) is 52.7 Å². The average Bonchev–Trinajstić information content (AvgIpc) is 2.59. The standard InChI is InChI=1S/C25H31N3O/c1-14-11-15(2)21-19-18(9-10-26-20(14)19)27-25(28-21)12-16(23(3,4)5)22(29)17(13-25)24(6,7)8/h9-13,27-28H,1-8H3. The van der Waals surface area contributed by atoms with Gasteiger partial charge in [-0.1, -0.05) is 47.6 Å². The Hall–Kier alpha value is -2.62. The van der Waals surface area contributed by atoms with Crippen LogP contribution in [-0.4, -0.2) is 16.4 Å². The fourth-order valence-electron chi connectivity index (χ4n) is 4.43. The summed E-state index contributed by atoms with van der Waals surface area (Å²) in [7, 11) is 0. The number of nitrogens with zero attached hydrogens (tertiary/aromatic N) is 1. The van der Waals surface area contributed by atoms with E-state index >= 15 is 0 Å². The van der Waals surface area contributed by atoms with Crippen LogP contribution < -0.4 is 10.6 Å². The summed E-state index contributed by atoms with van der Waals surface area (Å²) in [5.74, 6) is 0.144. The topological polar surface area (TPSA) is 54.0 Å². The molecule has 4 nitrogen and oxygen atoms in total. The third-order valence-corrected chi connectivity index (χ3v) is 5.92. The number of carbonyl (C=O) groups is 1. The largest absolute Gasteiger partial charge is 0.356 e. The zero-order valence-electron chi connectivity index (χ0n) is 18.7. The number of carbonyl (C=O) groups excluding carboxylic acids is 1. The molecule has 1 aliphatic carbocycles. The molecule has 0 saturated carbocycles. The van der Waals surface area contributed by atoms with Gasteiger partial charge in [-0.05, 0) is 54.0 Å². The molecule has 2 aromatic rings. The Bertz CT molecular complexity index is 1070. The summed E-state index contributed by atoms with van der Waals surface area (Å²) in [5, 5.41) is 8.56. The van der Waals surface area contributed by atoms with E-state index in [1.54, 1.807) is 0 Å². The van der Waals surface area contributed by atoms with Crippen molar-refractivity contribution < 1.29 is 4.79 Å². The maximum absolute atomic E-state index is 13.4. The van der Waals surface area contributed by atoms with E-state index < -0.39 is 5.66 Å². The van der Waals surface area contributed by atoms with E-state index in [2.05, 4.69) is 89.2 Å². The van der Waals surface area contributed by atoms with Crippen molar-refractivity contribution in [1.29, 1.82) is 0 Å². The Balaban J connectivity index is 1.99. The first-order valence-corrected chi connectivity index (χ1v) is 10.3. The average molecular weight is 390 g/mol. The maximum atomic E-state index is 13.4. The molecule has 29 heavy (non-hydrogen) atoms. The first-order chi connectivity index (χ1) is 13.3. The van der Waals surface area contributed by atoms with E-state index in [0.717, 1.165) is 33.4 Å². The number of hydrogen-bond donors (Lipinski definition) is 2. The smallest absolute Gasteiger partial charge is 0.185 e. The number of Topliss-reactive ketones (excluding diaryl/α,β-unsaturated/α-hetero) is 1. The molecular formula is C25H31N3O. The van der Waals surface area contributed by atoms with Gasteiger partial charge >= 0.3 is 0 Å². The lowest BCUT2D eigenvalue weighted by Gasteiger charge is -2.44. The summed E-state index contributed by atoms with van der Waals surface area (Å²) in [5.41, 5.74) is 5.98. The van der Waals surface area contributed by atoms with E-state index in [1.165, 1.54) is 11.1 Å². The van der Waals surface area contributed by atoms with Crippen LogP contribution in [0.3, 0.4) is 0 Å². The summed E-state index contributed by atoms with van der Waals surface area (Å²) in [6.45, 7) is 16.8. The van der Waals surface area contributed by atoms with Crippen molar-refractivity contribution in [3.8, 4) is 0 Å². The zero-order valence-corrected chi connectivity index (χ0v) is 18.7. The quantitative estimate of drug-likeness (QED) is 0.588. The lowest BCUT2D eigenvalue weighted by atomic mass is 9.70. The predicted molar refractivity (Wildman–Crippen MR) is 121 cm³/mol. The monoisotopic (exact) mass is 389 g/mol. The number of aromatic nitrogens is 1. The Morgan fingerprint density at radius 2 is 1.48 bits per heavy atom. The summed E-state index contributed by atoms with van der Waals surface area (Å²) in [6, 6.07) is 4.20. The molecule has 0 fully saturated rings. The van der Waals surface area contributed by atoms with E-state index in [4.69, 9.17) is 0 Å². The fraction of sp³-hybridized carbons (Fsp3) is 0.440. The minimum Gasteiger partial charge on any atom is -0.356 e. The molecule has 0 saturated heterocycles. The maximum Gasteiger partial charge on any atom is 0.185 e. The van der Waals surface area contributed by atoms with Gasteiger partial charge in [0.1, 0.15) is 5.66 Å². The van der Waals surface area contributed by atoms with Gasteiger partial charge in [0.05, 0.1) is 11.2 Å². The van der Waals surface area contributed by atoms with Gasteiger partial charge in [0.2, 0.25) is 0 Å².